The van der Waals surface area contributed by atoms with Crippen LogP contribution in [0.3, 0.4) is 0 Å². The summed E-state index contributed by atoms with van der Waals surface area (Å²) in [5.74, 6) is -0.497. The van der Waals surface area contributed by atoms with Crippen molar-refractivity contribution in [3.8, 4) is 0 Å². The molecule has 0 aliphatic heterocycles. The third-order valence-corrected chi connectivity index (χ3v) is 2.35. The molecular formula is C12H11N2O. The third kappa shape index (κ3) is 1.68. The van der Waals surface area contributed by atoms with Crippen molar-refractivity contribution in [1.82, 2.24) is 4.98 Å². The van der Waals surface area contributed by atoms with E-state index in [1.807, 2.05) is 18.2 Å². The van der Waals surface area contributed by atoms with Gasteiger partial charge in [0.1, 0.15) is 5.69 Å². The van der Waals surface area contributed by atoms with E-state index in [-0.39, 0.29) is 0 Å². The number of amides is 1. The second kappa shape index (κ2) is 3.69. The van der Waals surface area contributed by atoms with Crippen molar-refractivity contribution in [2.24, 2.45) is 5.73 Å². The Balaban J connectivity index is 2.69. The maximum atomic E-state index is 11.0. The lowest BCUT2D eigenvalue weighted by Crippen LogP contribution is -2.12. The van der Waals surface area contributed by atoms with E-state index in [2.05, 4.69) is 18.0 Å². The zero-order chi connectivity index (χ0) is 10.8. The Bertz CT molecular complexity index is 520. The molecule has 2 aromatic rings. The minimum Gasteiger partial charge on any atom is -0.364 e. The van der Waals surface area contributed by atoms with Gasteiger partial charge in [-0.3, -0.25) is 4.79 Å². The molecule has 0 spiro atoms. The summed E-state index contributed by atoms with van der Waals surface area (Å²) in [7, 11) is 0. The Morgan fingerprint density at radius 3 is 2.93 bits per heavy atom. The molecule has 1 aromatic carbocycles. The van der Waals surface area contributed by atoms with E-state index in [1.54, 1.807) is 6.07 Å². The lowest BCUT2D eigenvalue weighted by molar-refractivity contribution is 0.0996. The molecule has 2 N–H and O–H groups in total. The second-order valence-electron chi connectivity index (χ2n) is 3.30. The van der Waals surface area contributed by atoms with Gasteiger partial charge < -0.3 is 5.73 Å². The van der Waals surface area contributed by atoms with Crippen LogP contribution >= 0.6 is 0 Å². The summed E-state index contributed by atoms with van der Waals surface area (Å²) in [6, 6.07) is 10.3. The molecular weight excluding hydrogens is 188 g/mol. The molecule has 0 saturated heterocycles. The number of rotatable bonds is 2. The third-order valence-electron chi connectivity index (χ3n) is 2.35. The first-order valence-electron chi connectivity index (χ1n) is 4.82. The number of carbonyl (C=O) groups excluding carboxylic acids is 1. The number of pyridine rings is 1. The normalized spacial score (nSPS) is 10.5. The van der Waals surface area contributed by atoms with Crippen LogP contribution in [0.1, 0.15) is 23.0 Å². The first-order valence-corrected chi connectivity index (χ1v) is 4.82. The van der Waals surface area contributed by atoms with Crippen LogP contribution in [0.4, 0.5) is 0 Å². The van der Waals surface area contributed by atoms with Gasteiger partial charge in [0.2, 0.25) is 0 Å². The van der Waals surface area contributed by atoms with Crippen molar-refractivity contribution in [2.75, 3.05) is 0 Å². The van der Waals surface area contributed by atoms with Crippen molar-refractivity contribution in [3.05, 3.63) is 41.6 Å². The Hall–Kier alpha value is -1.90. The first kappa shape index (κ1) is 9.65. The maximum Gasteiger partial charge on any atom is 0.267 e. The van der Waals surface area contributed by atoms with Gasteiger partial charge in [0.05, 0.1) is 5.52 Å². The molecule has 1 radical (unpaired) electrons. The lowest BCUT2D eigenvalue weighted by atomic mass is 10.1. The number of aryl methyl sites for hydroxylation is 1. The average Bonchev–Trinajstić information content (AvgIpc) is 2.27. The summed E-state index contributed by atoms with van der Waals surface area (Å²) in [4.78, 5) is 15.1. The molecule has 0 aliphatic carbocycles. The van der Waals surface area contributed by atoms with Crippen molar-refractivity contribution < 1.29 is 4.79 Å². The van der Waals surface area contributed by atoms with Gasteiger partial charge in [0.25, 0.3) is 5.91 Å². The van der Waals surface area contributed by atoms with Crippen LogP contribution in [0.25, 0.3) is 10.9 Å². The summed E-state index contributed by atoms with van der Waals surface area (Å²) in [5, 5.41) is 1.03. The lowest BCUT2D eigenvalue weighted by Gasteiger charge is -2.03. The average molecular weight is 199 g/mol. The quantitative estimate of drug-likeness (QED) is 0.800. The number of carbonyl (C=O) groups is 1. The monoisotopic (exact) mass is 199 g/mol. The van der Waals surface area contributed by atoms with Crippen LogP contribution in [-0.2, 0) is 6.42 Å². The molecule has 0 atom stereocenters. The zero-order valence-corrected chi connectivity index (χ0v) is 8.45. The van der Waals surface area contributed by atoms with Crippen LogP contribution in [-0.4, -0.2) is 10.9 Å². The van der Waals surface area contributed by atoms with Crippen LogP contribution in [0.15, 0.2) is 24.3 Å². The molecule has 15 heavy (non-hydrogen) atoms. The number of hydrogen-bond donors (Lipinski definition) is 1. The molecule has 1 heterocycles. The van der Waals surface area contributed by atoms with Gasteiger partial charge >= 0.3 is 0 Å². The van der Waals surface area contributed by atoms with Crippen LogP contribution in [0, 0.1) is 6.07 Å². The highest BCUT2D eigenvalue weighted by Gasteiger charge is 2.05. The van der Waals surface area contributed by atoms with Gasteiger partial charge in [-0.05, 0) is 30.2 Å². The summed E-state index contributed by atoms with van der Waals surface area (Å²) in [5.41, 5.74) is 7.37. The molecule has 0 aliphatic rings. The summed E-state index contributed by atoms with van der Waals surface area (Å²) < 4.78 is 0. The highest BCUT2D eigenvalue weighted by molar-refractivity contribution is 5.94. The SMILES string of the molecule is CCc1[c]ccc2nc(C(N)=O)ccc12. The molecule has 0 unspecified atom stereocenters. The maximum absolute atomic E-state index is 11.0. The number of aromatic nitrogens is 1. The smallest absolute Gasteiger partial charge is 0.267 e. The fraction of sp³-hybridized carbons (Fsp3) is 0.167. The van der Waals surface area contributed by atoms with E-state index >= 15 is 0 Å². The molecule has 0 fully saturated rings. The molecule has 3 nitrogen and oxygen atoms in total. The number of primary amides is 1. The Morgan fingerprint density at radius 2 is 2.27 bits per heavy atom. The van der Waals surface area contributed by atoms with E-state index in [0.717, 1.165) is 22.9 Å². The Morgan fingerprint density at radius 1 is 1.47 bits per heavy atom. The molecule has 1 aromatic heterocycles. The number of hydrogen-bond acceptors (Lipinski definition) is 2. The first-order chi connectivity index (χ1) is 7.22. The Kier molecular flexibility index (Phi) is 2.37. The van der Waals surface area contributed by atoms with Crippen LogP contribution in [0.5, 0.6) is 0 Å². The number of nitrogens with two attached hydrogens (primary N) is 1. The molecule has 3 heteroatoms. The van der Waals surface area contributed by atoms with Crippen LogP contribution < -0.4 is 5.73 Å². The molecule has 0 bridgehead atoms. The van der Waals surface area contributed by atoms with E-state index in [4.69, 9.17) is 5.73 Å². The van der Waals surface area contributed by atoms with E-state index < -0.39 is 5.91 Å². The highest BCUT2D eigenvalue weighted by Crippen LogP contribution is 2.17. The molecule has 0 saturated carbocycles. The highest BCUT2D eigenvalue weighted by atomic mass is 16.1. The zero-order valence-electron chi connectivity index (χ0n) is 8.45. The van der Waals surface area contributed by atoms with Crippen molar-refractivity contribution >= 4 is 16.8 Å². The van der Waals surface area contributed by atoms with Crippen molar-refractivity contribution in [3.63, 3.8) is 0 Å². The summed E-state index contributed by atoms with van der Waals surface area (Å²) in [6.07, 6.45) is 0.898. The van der Waals surface area contributed by atoms with E-state index in [0.29, 0.717) is 5.69 Å². The Labute approximate surface area is 87.9 Å². The summed E-state index contributed by atoms with van der Waals surface area (Å²) >= 11 is 0. The summed E-state index contributed by atoms with van der Waals surface area (Å²) in [6.45, 7) is 2.06. The fourth-order valence-corrected chi connectivity index (χ4v) is 1.59. The van der Waals surface area contributed by atoms with Crippen molar-refractivity contribution in [1.29, 1.82) is 0 Å². The van der Waals surface area contributed by atoms with Crippen molar-refractivity contribution in [2.45, 2.75) is 13.3 Å². The molecule has 2 rings (SSSR count). The number of benzene rings is 1. The predicted octanol–water partition coefficient (Wildman–Crippen LogP) is 1.70. The number of fused-ring (bicyclic) bond motifs is 1. The van der Waals surface area contributed by atoms with Gasteiger partial charge in [-0.1, -0.05) is 19.1 Å². The van der Waals surface area contributed by atoms with Gasteiger partial charge in [0, 0.05) is 5.39 Å². The number of nitrogens with zero attached hydrogens (tertiary/aromatic N) is 1. The fourth-order valence-electron chi connectivity index (χ4n) is 1.59. The minimum absolute atomic E-state index is 0.302. The van der Waals surface area contributed by atoms with Gasteiger partial charge in [-0.25, -0.2) is 4.98 Å². The topological polar surface area (TPSA) is 56.0 Å². The largest absolute Gasteiger partial charge is 0.364 e. The van der Waals surface area contributed by atoms with Gasteiger partial charge in [-0.2, -0.15) is 0 Å². The van der Waals surface area contributed by atoms with Gasteiger partial charge in [-0.15, -0.1) is 0 Å². The molecule has 75 valence electrons. The van der Waals surface area contributed by atoms with Gasteiger partial charge in [0.15, 0.2) is 0 Å². The minimum atomic E-state index is -0.497. The standard InChI is InChI=1S/C12H11N2O/c1-2-8-4-3-5-10-9(8)6-7-11(14-10)12(13)15/h3,5-7H,2H2,1H3,(H2,13,15). The van der Waals surface area contributed by atoms with Crippen LogP contribution in [0.2, 0.25) is 0 Å². The second-order valence-corrected chi connectivity index (χ2v) is 3.30. The van der Waals surface area contributed by atoms with E-state index in [1.165, 1.54) is 0 Å². The predicted molar refractivity (Wildman–Crippen MR) is 58.5 cm³/mol. The molecule has 1 amide bonds. The van der Waals surface area contributed by atoms with E-state index in [9.17, 15) is 4.79 Å².